The van der Waals surface area contributed by atoms with Crippen LogP contribution in [0.15, 0.2) is 34.9 Å². The Labute approximate surface area is 185 Å². The average Bonchev–Trinajstić information content (AvgIpc) is 3.39. The molecule has 2 aliphatic rings. The van der Waals surface area contributed by atoms with Gasteiger partial charge in [0.05, 0.1) is 28.7 Å². The van der Waals surface area contributed by atoms with Crippen LogP contribution >= 0.6 is 0 Å². The second-order valence-corrected chi connectivity index (χ2v) is 11.2. The summed E-state index contributed by atoms with van der Waals surface area (Å²) in [5.41, 5.74) is 5.57. The Kier molecular flexibility index (Phi) is 7.62. The van der Waals surface area contributed by atoms with Crippen LogP contribution in [-0.2, 0) is 24.1 Å². The summed E-state index contributed by atoms with van der Waals surface area (Å²) in [6.07, 6.45) is 3.75. The minimum absolute atomic E-state index is 0.00504. The second kappa shape index (κ2) is 9.46. The van der Waals surface area contributed by atoms with Gasteiger partial charge in [-0.25, -0.2) is 13.2 Å². The fourth-order valence-electron chi connectivity index (χ4n) is 3.54. The number of nitrogens with zero attached hydrogens (tertiary/aromatic N) is 1. The first kappa shape index (κ1) is 25.0. The lowest BCUT2D eigenvalue weighted by Gasteiger charge is -2.32. The summed E-state index contributed by atoms with van der Waals surface area (Å²) in [5, 5.41) is -0.487. The van der Waals surface area contributed by atoms with Crippen LogP contribution in [0.3, 0.4) is 0 Å². The molecule has 0 unspecified atom stereocenters. The number of hydrogen-bond acceptors (Lipinski definition) is 7. The highest BCUT2D eigenvalue weighted by Crippen LogP contribution is 2.40. The van der Waals surface area contributed by atoms with Gasteiger partial charge >= 0.3 is 12.1 Å². The summed E-state index contributed by atoms with van der Waals surface area (Å²) in [7, 11) is -3.68. The Morgan fingerprint density at radius 1 is 1.19 bits per heavy atom. The van der Waals surface area contributed by atoms with Crippen LogP contribution in [0.4, 0.5) is 4.79 Å². The highest BCUT2D eigenvalue weighted by Gasteiger charge is 2.48. The molecule has 2 atom stereocenters. The Bertz CT molecular complexity index is 889. The van der Waals surface area contributed by atoms with Crippen molar-refractivity contribution in [3.05, 3.63) is 34.9 Å². The van der Waals surface area contributed by atoms with E-state index >= 15 is 0 Å². The highest BCUT2D eigenvalue weighted by atomic mass is 32.2. The van der Waals surface area contributed by atoms with Crippen LogP contribution in [0.2, 0.25) is 0 Å². The summed E-state index contributed by atoms with van der Waals surface area (Å²) in [4.78, 5) is 26.9. The van der Waals surface area contributed by atoms with E-state index in [1.807, 2.05) is 0 Å². The minimum Gasteiger partial charge on any atom is -0.466 e. The van der Waals surface area contributed by atoms with E-state index in [1.54, 1.807) is 34.6 Å². The largest absolute Gasteiger partial charge is 0.466 e. The molecule has 0 aromatic carbocycles. The van der Waals surface area contributed by atoms with E-state index in [2.05, 4.69) is 6.58 Å². The maximum Gasteiger partial charge on any atom is 0.410 e. The van der Waals surface area contributed by atoms with Gasteiger partial charge in [-0.15, -0.1) is 0 Å². The van der Waals surface area contributed by atoms with Gasteiger partial charge in [0.25, 0.3) is 0 Å². The van der Waals surface area contributed by atoms with Gasteiger partial charge in [0.15, 0.2) is 9.84 Å². The Hall–Kier alpha value is -2.29. The summed E-state index contributed by atoms with van der Waals surface area (Å²) >= 11 is 0. The quantitative estimate of drug-likeness (QED) is 0.464. The fraction of sp³-hybridized carbons (Fsp3) is 0.636. The second-order valence-electron chi connectivity index (χ2n) is 8.98. The maximum absolute atomic E-state index is 13.2. The van der Waals surface area contributed by atoms with Crippen molar-refractivity contribution in [1.82, 2.24) is 4.90 Å². The number of carbonyl (C=O) groups excluding carboxylic acids is 2. The normalized spacial score (nSPS) is 22.9. The van der Waals surface area contributed by atoms with Gasteiger partial charge in [0, 0.05) is 12.2 Å². The molecule has 8 nitrogen and oxygen atoms in total. The van der Waals surface area contributed by atoms with Gasteiger partial charge in [0.2, 0.25) is 0 Å². The molecule has 0 aromatic rings. The first-order valence-corrected chi connectivity index (χ1v) is 12.1. The molecular formula is C22H34N2O6S. The third kappa shape index (κ3) is 6.12. The lowest BCUT2D eigenvalue weighted by molar-refractivity contribution is -0.148. The molecule has 9 heteroatoms. The van der Waals surface area contributed by atoms with Gasteiger partial charge in [0.1, 0.15) is 5.60 Å². The zero-order valence-corrected chi connectivity index (χ0v) is 19.8. The smallest absolute Gasteiger partial charge is 0.410 e. The highest BCUT2D eigenvalue weighted by molar-refractivity contribution is 7.96. The lowest BCUT2D eigenvalue weighted by Crippen LogP contribution is -2.44. The van der Waals surface area contributed by atoms with Crippen molar-refractivity contribution in [3.8, 4) is 0 Å². The molecular weight excluding hydrogens is 420 g/mol. The van der Waals surface area contributed by atoms with Crippen molar-refractivity contribution in [2.24, 2.45) is 11.7 Å². The zero-order valence-electron chi connectivity index (χ0n) is 19.0. The molecule has 2 N–H and O–H groups in total. The van der Waals surface area contributed by atoms with Crippen LogP contribution < -0.4 is 5.73 Å². The Balaban J connectivity index is 2.50. The van der Waals surface area contributed by atoms with Crippen LogP contribution in [0.25, 0.3) is 0 Å². The molecule has 1 aliphatic carbocycles. The SMILES string of the molecule is C=C(/C(=C\C=C(/C)N)S(=O)(=O)C1CC1)[C@@H]1[C@H](C(=O)OCC)CCN1C(=O)OC(C)(C)C. The minimum atomic E-state index is -3.68. The number of amides is 1. The number of sulfone groups is 1. The summed E-state index contributed by atoms with van der Waals surface area (Å²) < 4.78 is 37.0. The van der Waals surface area contributed by atoms with E-state index in [4.69, 9.17) is 15.2 Å². The number of likely N-dealkylation sites (tertiary alicyclic amines) is 1. The van der Waals surface area contributed by atoms with E-state index in [0.29, 0.717) is 25.0 Å². The molecule has 1 saturated carbocycles. The number of allylic oxidation sites excluding steroid dienone is 3. The molecule has 0 radical (unpaired) electrons. The third-order valence-corrected chi connectivity index (χ3v) is 7.42. The standard InChI is InChI=1S/C22H34N2O6S/c1-7-29-20(25)17-12-13-24(21(26)30-22(4,5)6)19(17)15(3)18(11-8-14(2)23)31(27,28)16-9-10-16/h8,11,16-17,19H,3,7,9-10,12-13,23H2,1-2,4-6H3/b14-8+,18-11+/t17-,19-/m1/s1. The number of nitrogens with two attached hydrogens (primary N) is 1. The molecule has 2 rings (SSSR count). The van der Waals surface area contributed by atoms with E-state index in [9.17, 15) is 18.0 Å². The molecule has 1 amide bonds. The van der Waals surface area contributed by atoms with Crippen LogP contribution in [0, 0.1) is 5.92 Å². The van der Waals surface area contributed by atoms with Gasteiger partial charge in [-0.2, -0.15) is 0 Å². The van der Waals surface area contributed by atoms with E-state index in [1.165, 1.54) is 17.1 Å². The molecule has 0 aromatic heterocycles. The Morgan fingerprint density at radius 3 is 2.29 bits per heavy atom. The average molecular weight is 455 g/mol. The van der Waals surface area contributed by atoms with E-state index in [-0.39, 0.29) is 23.6 Å². The van der Waals surface area contributed by atoms with Crippen LogP contribution in [0.5, 0.6) is 0 Å². The monoisotopic (exact) mass is 454 g/mol. The Morgan fingerprint density at radius 2 is 1.81 bits per heavy atom. The predicted octanol–water partition coefficient (Wildman–Crippen LogP) is 3.05. The number of ether oxygens (including phenoxy) is 2. The first-order chi connectivity index (χ1) is 14.3. The van der Waals surface area contributed by atoms with Crippen LogP contribution in [-0.4, -0.2) is 55.4 Å². The van der Waals surface area contributed by atoms with Crippen molar-refractivity contribution >= 4 is 21.9 Å². The number of carbonyl (C=O) groups is 2. The van der Waals surface area contributed by atoms with Crippen molar-refractivity contribution in [2.45, 2.75) is 70.8 Å². The molecule has 0 bridgehead atoms. The fourth-order valence-corrected chi connectivity index (χ4v) is 5.40. The molecule has 1 aliphatic heterocycles. The molecule has 1 heterocycles. The van der Waals surface area contributed by atoms with Gasteiger partial charge < -0.3 is 20.1 Å². The predicted molar refractivity (Wildman–Crippen MR) is 119 cm³/mol. The molecule has 31 heavy (non-hydrogen) atoms. The van der Waals surface area contributed by atoms with Gasteiger partial charge in [-0.1, -0.05) is 6.58 Å². The third-order valence-electron chi connectivity index (χ3n) is 5.06. The molecule has 0 spiro atoms. The van der Waals surface area contributed by atoms with Crippen molar-refractivity contribution in [3.63, 3.8) is 0 Å². The molecule has 2 fully saturated rings. The topological polar surface area (TPSA) is 116 Å². The van der Waals surface area contributed by atoms with E-state index in [0.717, 1.165) is 0 Å². The first-order valence-electron chi connectivity index (χ1n) is 10.5. The molecule has 1 saturated heterocycles. The van der Waals surface area contributed by atoms with Crippen LogP contribution in [0.1, 0.15) is 53.9 Å². The maximum atomic E-state index is 13.2. The zero-order chi connectivity index (χ0) is 23.6. The van der Waals surface area contributed by atoms with Crippen molar-refractivity contribution in [1.29, 1.82) is 0 Å². The van der Waals surface area contributed by atoms with Gasteiger partial charge in [-0.3, -0.25) is 4.79 Å². The number of rotatable bonds is 7. The summed E-state index contributed by atoms with van der Waals surface area (Å²) in [6.45, 7) is 13.0. The number of hydrogen-bond donors (Lipinski definition) is 1. The summed E-state index contributed by atoms with van der Waals surface area (Å²) in [6, 6.07) is -0.889. The van der Waals surface area contributed by atoms with Crippen molar-refractivity contribution in [2.75, 3.05) is 13.2 Å². The van der Waals surface area contributed by atoms with Crippen molar-refractivity contribution < 1.29 is 27.5 Å². The summed E-state index contributed by atoms with van der Waals surface area (Å²) in [5.74, 6) is -1.23. The van der Waals surface area contributed by atoms with E-state index < -0.39 is 44.7 Å². The lowest BCUT2D eigenvalue weighted by atomic mass is 9.94. The molecule has 174 valence electrons. The van der Waals surface area contributed by atoms with Gasteiger partial charge in [-0.05, 0) is 71.6 Å². The number of esters is 1.